The van der Waals surface area contributed by atoms with Crippen molar-refractivity contribution in [2.24, 2.45) is 5.92 Å². The lowest BCUT2D eigenvalue weighted by Gasteiger charge is -2.41. The molecule has 3 amide bonds. The Morgan fingerprint density at radius 3 is 2.65 bits per heavy atom. The second-order valence-electron chi connectivity index (χ2n) is 8.89. The van der Waals surface area contributed by atoms with E-state index in [4.69, 9.17) is 14.7 Å². The zero-order chi connectivity index (χ0) is 24.2. The zero-order valence-corrected chi connectivity index (χ0v) is 19.9. The minimum Gasteiger partial charge on any atom is -0.465 e. The first-order valence-corrected chi connectivity index (χ1v) is 11.7. The molecule has 1 aromatic heterocycles. The van der Waals surface area contributed by atoms with Crippen molar-refractivity contribution < 1.29 is 19.4 Å². The molecular weight excluding hydrogens is 436 g/mol. The van der Waals surface area contributed by atoms with Gasteiger partial charge in [-0.1, -0.05) is 13.8 Å². The SMILES string of the molecule is CCNC(=O)Nc1ccc(-c2nc3c(c(N4CCOCC4C(C)C)n2)CCN(C(=O)O)C3)cc1. The summed E-state index contributed by atoms with van der Waals surface area (Å²) in [6.45, 7) is 9.39. The van der Waals surface area contributed by atoms with E-state index in [9.17, 15) is 14.7 Å². The smallest absolute Gasteiger partial charge is 0.407 e. The molecule has 1 fully saturated rings. The zero-order valence-electron chi connectivity index (χ0n) is 19.9. The van der Waals surface area contributed by atoms with Crippen LogP contribution in [0.25, 0.3) is 11.4 Å². The third-order valence-electron chi connectivity index (χ3n) is 6.26. The van der Waals surface area contributed by atoms with Crippen LogP contribution in [-0.4, -0.2) is 71.0 Å². The van der Waals surface area contributed by atoms with Gasteiger partial charge in [0, 0.05) is 36.4 Å². The first-order valence-electron chi connectivity index (χ1n) is 11.7. The summed E-state index contributed by atoms with van der Waals surface area (Å²) in [7, 11) is 0. The number of carbonyl (C=O) groups excluding carboxylic acids is 1. The first kappa shape index (κ1) is 23.7. The van der Waals surface area contributed by atoms with Gasteiger partial charge in [-0.05, 0) is 43.5 Å². The molecule has 3 N–H and O–H groups in total. The maximum atomic E-state index is 11.8. The maximum absolute atomic E-state index is 11.8. The van der Waals surface area contributed by atoms with Crippen LogP contribution in [0.2, 0.25) is 0 Å². The number of carbonyl (C=O) groups is 2. The summed E-state index contributed by atoms with van der Waals surface area (Å²) >= 11 is 0. The Labute approximate surface area is 199 Å². The number of morpholine rings is 1. The van der Waals surface area contributed by atoms with Crippen LogP contribution < -0.4 is 15.5 Å². The molecule has 0 saturated carbocycles. The molecule has 4 rings (SSSR count). The van der Waals surface area contributed by atoms with Crippen molar-refractivity contribution in [1.82, 2.24) is 20.2 Å². The molecular formula is C24H32N6O4. The maximum Gasteiger partial charge on any atom is 0.407 e. The Balaban J connectivity index is 1.72. The first-order chi connectivity index (χ1) is 16.4. The molecule has 0 radical (unpaired) electrons. The minimum absolute atomic E-state index is 0.182. The van der Waals surface area contributed by atoms with E-state index in [2.05, 4.69) is 29.4 Å². The van der Waals surface area contributed by atoms with E-state index in [0.717, 1.165) is 29.2 Å². The fraction of sp³-hybridized carbons (Fsp3) is 0.500. The molecule has 10 heteroatoms. The van der Waals surface area contributed by atoms with Gasteiger partial charge in [0.15, 0.2) is 5.82 Å². The van der Waals surface area contributed by atoms with E-state index in [0.29, 0.717) is 50.2 Å². The van der Waals surface area contributed by atoms with Crippen LogP contribution in [0.4, 0.5) is 21.1 Å². The van der Waals surface area contributed by atoms with Gasteiger partial charge in [-0.2, -0.15) is 0 Å². The fourth-order valence-electron chi connectivity index (χ4n) is 4.42. The summed E-state index contributed by atoms with van der Waals surface area (Å²) in [5, 5.41) is 15.0. The number of urea groups is 1. The van der Waals surface area contributed by atoms with Gasteiger partial charge in [-0.3, -0.25) is 0 Å². The molecule has 2 aliphatic heterocycles. The molecule has 0 aliphatic carbocycles. The van der Waals surface area contributed by atoms with Crippen molar-refractivity contribution in [3.05, 3.63) is 35.5 Å². The summed E-state index contributed by atoms with van der Waals surface area (Å²) in [6.07, 6.45) is -0.367. The number of rotatable bonds is 5. The summed E-state index contributed by atoms with van der Waals surface area (Å²) in [6, 6.07) is 7.27. The summed E-state index contributed by atoms with van der Waals surface area (Å²) < 4.78 is 5.75. The Morgan fingerprint density at radius 2 is 1.97 bits per heavy atom. The van der Waals surface area contributed by atoms with Crippen LogP contribution in [0.15, 0.2) is 24.3 Å². The van der Waals surface area contributed by atoms with Gasteiger partial charge in [0.05, 0.1) is 31.5 Å². The van der Waals surface area contributed by atoms with E-state index in [-0.39, 0.29) is 18.6 Å². The van der Waals surface area contributed by atoms with Gasteiger partial charge in [0.1, 0.15) is 5.82 Å². The monoisotopic (exact) mass is 468 g/mol. The third kappa shape index (κ3) is 5.06. The molecule has 182 valence electrons. The number of nitrogens with zero attached hydrogens (tertiary/aromatic N) is 4. The van der Waals surface area contributed by atoms with Crippen LogP contribution in [0.1, 0.15) is 32.0 Å². The number of hydrogen-bond acceptors (Lipinski definition) is 6. The number of aromatic nitrogens is 2. The summed E-state index contributed by atoms with van der Waals surface area (Å²) in [5.41, 5.74) is 3.22. The lowest BCUT2D eigenvalue weighted by atomic mass is 9.99. The number of anilines is 2. The molecule has 1 unspecified atom stereocenters. The molecule has 1 atom stereocenters. The molecule has 0 bridgehead atoms. The minimum atomic E-state index is -0.945. The van der Waals surface area contributed by atoms with Crippen LogP contribution in [0.3, 0.4) is 0 Å². The van der Waals surface area contributed by atoms with Gasteiger partial charge < -0.3 is 30.3 Å². The number of ether oxygens (including phenoxy) is 1. The highest BCUT2D eigenvalue weighted by Gasteiger charge is 2.32. The van der Waals surface area contributed by atoms with Crippen molar-refractivity contribution in [2.45, 2.75) is 39.8 Å². The Morgan fingerprint density at radius 1 is 1.21 bits per heavy atom. The van der Waals surface area contributed by atoms with Crippen molar-refractivity contribution >= 4 is 23.6 Å². The highest BCUT2D eigenvalue weighted by Crippen LogP contribution is 2.33. The van der Waals surface area contributed by atoms with Crippen LogP contribution >= 0.6 is 0 Å². The molecule has 10 nitrogen and oxygen atoms in total. The van der Waals surface area contributed by atoms with E-state index >= 15 is 0 Å². The van der Waals surface area contributed by atoms with E-state index in [1.165, 1.54) is 4.90 Å². The lowest BCUT2D eigenvalue weighted by Crippen LogP contribution is -2.49. The number of benzene rings is 1. The average molecular weight is 469 g/mol. The molecule has 1 saturated heterocycles. The molecule has 1 aromatic carbocycles. The topological polar surface area (TPSA) is 120 Å². The molecule has 2 aliphatic rings. The highest BCUT2D eigenvalue weighted by molar-refractivity contribution is 5.89. The average Bonchev–Trinajstić information content (AvgIpc) is 2.83. The van der Waals surface area contributed by atoms with Gasteiger partial charge in [0.25, 0.3) is 0 Å². The predicted octanol–water partition coefficient (Wildman–Crippen LogP) is 3.18. The Kier molecular flexibility index (Phi) is 7.16. The van der Waals surface area contributed by atoms with Crippen molar-refractivity contribution in [3.8, 4) is 11.4 Å². The quantitative estimate of drug-likeness (QED) is 0.616. The predicted molar refractivity (Wildman–Crippen MR) is 129 cm³/mol. The molecule has 0 spiro atoms. The van der Waals surface area contributed by atoms with Gasteiger partial charge in [0.2, 0.25) is 0 Å². The normalized spacial score (nSPS) is 17.9. The second-order valence-corrected chi connectivity index (χ2v) is 8.89. The largest absolute Gasteiger partial charge is 0.465 e. The summed E-state index contributed by atoms with van der Waals surface area (Å²) in [4.78, 5) is 36.9. The van der Waals surface area contributed by atoms with Crippen LogP contribution in [-0.2, 0) is 17.7 Å². The molecule has 34 heavy (non-hydrogen) atoms. The summed E-state index contributed by atoms with van der Waals surface area (Å²) in [5.74, 6) is 1.78. The van der Waals surface area contributed by atoms with Crippen LogP contribution in [0.5, 0.6) is 0 Å². The number of amides is 3. The number of hydrogen-bond donors (Lipinski definition) is 3. The Bertz CT molecular complexity index is 1040. The van der Waals surface area contributed by atoms with E-state index in [1.54, 1.807) is 0 Å². The molecule has 3 heterocycles. The number of fused-ring (bicyclic) bond motifs is 1. The number of nitrogens with one attached hydrogen (secondary N) is 2. The van der Waals surface area contributed by atoms with Gasteiger partial charge in [-0.25, -0.2) is 19.6 Å². The van der Waals surface area contributed by atoms with Gasteiger partial charge in [-0.15, -0.1) is 0 Å². The van der Waals surface area contributed by atoms with E-state index in [1.807, 2.05) is 31.2 Å². The van der Waals surface area contributed by atoms with Crippen molar-refractivity contribution in [3.63, 3.8) is 0 Å². The standard InChI is InChI=1S/C24H32N6O4/c1-4-25-23(31)26-17-7-5-16(6-8-17)21-27-19-13-29(24(32)33)10-9-18(19)22(28-21)30-11-12-34-14-20(30)15(2)3/h5-8,15,20H,4,9-14H2,1-3H3,(H,32,33)(H2,25,26,31). The fourth-order valence-corrected chi connectivity index (χ4v) is 4.42. The third-order valence-corrected chi connectivity index (χ3v) is 6.26. The molecule has 2 aromatic rings. The number of carboxylic acid groups (broad SMARTS) is 1. The van der Waals surface area contributed by atoms with E-state index < -0.39 is 6.09 Å². The van der Waals surface area contributed by atoms with Gasteiger partial charge >= 0.3 is 12.1 Å². The Hall–Kier alpha value is -3.40. The highest BCUT2D eigenvalue weighted by atomic mass is 16.5. The van der Waals surface area contributed by atoms with Crippen LogP contribution in [0, 0.1) is 5.92 Å². The second kappa shape index (κ2) is 10.3. The van der Waals surface area contributed by atoms with Crippen molar-refractivity contribution in [1.29, 1.82) is 0 Å². The van der Waals surface area contributed by atoms with Crippen molar-refractivity contribution in [2.75, 3.05) is 43.1 Å². The lowest BCUT2D eigenvalue weighted by molar-refractivity contribution is 0.0800.